The molecule has 1 aromatic rings. The maximum Gasteiger partial charge on any atom is 0.254 e. The topological polar surface area (TPSA) is 44.1 Å². The molecule has 20 heavy (non-hydrogen) atoms. The van der Waals surface area contributed by atoms with Crippen LogP contribution in [0.15, 0.2) is 24.3 Å². The van der Waals surface area contributed by atoms with Gasteiger partial charge in [0, 0.05) is 18.2 Å². The van der Waals surface area contributed by atoms with Crippen LogP contribution in [0.1, 0.15) is 57.0 Å². The molecule has 1 rings (SSSR count). The molecule has 0 aliphatic carbocycles. The summed E-state index contributed by atoms with van der Waals surface area (Å²) in [6.45, 7) is 10.9. The van der Waals surface area contributed by atoms with Crippen molar-refractivity contribution in [3.8, 4) is 6.07 Å². The van der Waals surface area contributed by atoms with Gasteiger partial charge in [0.1, 0.15) is 0 Å². The van der Waals surface area contributed by atoms with Gasteiger partial charge in [0.05, 0.1) is 12.5 Å². The van der Waals surface area contributed by atoms with Crippen LogP contribution < -0.4 is 0 Å². The van der Waals surface area contributed by atoms with E-state index in [9.17, 15) is 4.79 Å². The normalized spacial score (nSPS) is 11.2. The standard InChI is InChI=1S/C17H24N2O/c1-13(2)19(12-6-11-18)16(20)14-7-9-15(10-8-14)17(3,4)5/h7-10,13H,6,12H2,1-5H3. The van der Waals surface area contributed by atoms with E-state index in [4.69, 9.17) is 5.26 Å². The van der Waals surface area contributed by atoms with Crippen molar-refractivity contribution in [3.05, 3.63) is 35.4 Å². The van der Waals surface area contributed by atoms with Gasteiger partial charge in [0.15, 0.2) is 0 Å². The fraction of sp³-hybridized carbons (Fsp3) is 0.529. The van der Waals surface area contributed by atoms with E-state index in [0.29, 0.717) is 18.5 Å². The number of hydrogen-bond donors (Lipinski definition) is 0. The van der Waals surface area contributed by atoms with Crippen LogP contribution in [0.2, 0.25) is 0 Å². The Hall–Kier alpha value is -1.82. The van der Waals surface area contributed by atoms with Crippen LogP contribution in [0.25, 0.3) is 0 Å². The third-order valence-electron chi connectivity index (χ3n) is 3.35. The predicted octanol–water partition coefficient (Wildman–Crippen LogP) is 3.75. The zero-order valence-corrected chi connectivity index (χ0v) is 13.1. The van der Waals surface area contributed by atoms with Crippen molar-refractivity contribution in [1.82, 2.24) is 4.90 Å². The molecule has 0 aliphatic rings. The maximum atomic E-state index is 12.5. The van der Waals surface area contributed by atoms with E-state index in [-0.39, 0.29) is 17.4 Å². The quantitative estimate of drug-likeness (QED) is 0.838. The van der Waals surface area contributed by atoms with Crippen LogP contribution in [-0.2, 0) is 5.41 Å². The molecule has 0 radical (unpaired) electrons. The number of nitriles is 1. The molecule has 0 aromatic heterocycles. The van der Waals surface area contributed by atoms with Gasteiger partial charge in [-0.3, -0.25) is 4.79 Å². The highest BCUT2D eigenvalue weighted by Crippen LogP contribution is 2.22. The van der Waals surface area contributed by atoms with Crippen molar-refractivity contribution in [2.24, 2.45) is 0 Å². The van der Waals surface area contributed by atoms with Crippen molar-refractivity contribution in [1.29, 1.82) is 5.26 Å². The van der Waals surface area contributed by atoms with E-state index in [0.717, 1.165) is 0 Å². The Morgan fingerprint density at radius 1 is 1.25 bits per heavy atom. The molecule has 3 heteroatoms. The first-order chi connectivity index (χ1) is 9.27. The van der Waals surface area contributed by atoms with Crippen molar-refractivity contribution in [3.63, 3.8) is 0 Å². The first-order valence-corrected chi connectivity index (χ1v) is 7.06. The molecule has 0 bridgehead atoms. The Bertz CT molecular complexity index is 489. The lowest BCUT2D eigenvalue weighted by Gasteiger charge is -2.26. The number of amides is 1. The highest BCUT2D eigenvalue weighted by molar-refractivity contribution is 5.94. The number of rotatable bonds is 4. The average Bonchev–Trinajstić information content (AvgIpc) is 2.37. The van der Waals surface area contributed by atoms with E-state index in [1.54, 1.807) is 4.90 Å². The molecule has 3 nitrogen and oxygen atoms in total. The fourth-order valence-electron chi connectivity index (χ4n) is 2.04. The summed E-state index contributed by atoms with van der Waals surface area (Å²) in [6, 6.07) is 9.97. The van der Waals surface area contributed by atoms with Crippen molar-refractivity contribution < 1.29 is 4.79 Å². The molecule has 0 aliphatic heterocycles. The zero-order chi connectivity index (χ0) is 15.3. The van der Waals surface area contributed by atoms with Crippen molar-refractivity contribution in [2.45, 2.75) is 52.5 Å². The highest BCUT2D eigenvalue weighted by atomic mass is 16.2. The second-order valence-electron chi connectivity index (χ2n) is 6.33. The Labute approximate surface area is 122 Å². The number of hydrogen-bond acceptors (Lipinski definition) is 2. The molecule has 1 aromatic carbocycles. The van der Waals surface area contributed by atoms with Gasteiger partial charge in [0.25, 0.3) is 5.91 Å². The molecule has 0 fully saturated rings. The first kappa shape index (κ1) is 16.2. The molecule has 0 atom stereocenters. The van der Waals surface area contributed by atoms with Crippen LogP contribution in [-0.4, -0.2) is 23.4 Å². The Morgan fingerprint density at radius 3 is 2.20 bits per heavy atom. The summed E-state index contributed by atoms with van der Waals surface area (Å²) in [5, 5.41) is 8.69. The minimum Gasteiger partial charge on any atom is -0.335 e. The van der Waals surface area contributed by atoms with Crippen molar-refractivity contribution in [2.75, 3.05) is 6.54 Å². The van der Waals surface area contributed by atoms with Gasteiger partial charge < -0.3 is 4.90 Å². The second kappa shape index (κ2) is 6.56. The summed E-state index contributed by atoms with van der Waals surface area (Å²) in [5.41, 5.74) is 1.98. The third-order valence-corrected chi connectivity index (χ3v) is 3.35. The molecule has 0 saturated heterocycles. The molecular formula is C17H24N2O. The molecule has 0 saturated carbocycles. The summed E-state index contributed by atoms with van der Waals surface area (Å²) >= 11 is 0. The summed E-state index contributed by atoms with van der Waals surface area (Å²) in [6.07, 6.45) is 0.365. The third kappa shape index (κ3) is 4.09. The summed E-state index contributed by atoms with van der Waals surface area (Å²) in [7, 11) is 0. The van der Waals surface area contributed by atoms with Gasteiger partial charge >= 0.3 is 0 Å². The van der Waals surface area contributed by atoms with Crippen LogP contribution >= 0.6 is 0 Å². The maximum absolute atomic E-state index is 12.5. The van der Waals surface area contributed by atoms with E-state index < -0.39 is 0 Å². The van der Waals surface area contributed by atoms with Gasteiger partial charge in [-0.05, 0) is 37.0 Å². The van der Waals surface area contributed by atoms with Gasteiger partial charge in [-0.1, -0.05) is 32.9 Å². The van der Waals surface area contributed by atoms with Gasteiger partial charge in [0.2, 0.25) is 0 Å². The SMILES string of the molecule is CC(C)N(CCC#N)C(=O)c1ccc(C(C)(C)C)cc1. The first-order valence-electron chi connectivity index (χ1n) is 7.06. The largest absolute Gasteiger partial charge is 0.335 e. The smallest absolute Gasteiger partial charge is 0.254 e. The van der Waals surface area contributed by atoms with E-state index >= 15 is 0 Å². The molecule has 1 amide bonds. The predicted molar refractivity (Wildman–Crippen MR) is 81.5 cm³/mol. The zero-order valence-electron chi connectivity index (χ0n) is 13.1. The lowest BCUT2D eigenvalue weighted by Crippen LogP contribution is -2.37. The molecule has 0 heterocycles. The second-order valence-corrected chi connectivity index (χ2v) is 6.33. The summed E-state index contributed by atoms with van der Waals surface area (Å²) < 4.78 is 0. The summed E-state index contributed by atoms with van der Waals surface area (Å²) in [5.74, 6) is -0.00397. The summed E-state index contributed by atoms with van der Waals surface area (Å²) in [4.78, 5) is 14.2. The molecule has 108 valence electrons. The minimum absolute atomic E-state index is 0.00397. The molecular weight excluding hydrogens is 248 g/mol. The van der Waals surface area contributed by atoms with Gasteiger partial charge in [-0.15, -0.1) is 0 Å². The fourth-order valence-corrected chi connectivity index (χ4v) is 2.04. The minimum atomic E-state index is -0.00397. The Morgan fingerprint density at radius 2 is 1.80 bits per heavy atom. The lowest BCUT2D eigenvalue weighted by atomic mass is 9.86. The molecule has 0 spiro atoms. The van der Waals surface area contributed by atoms with Crippen LogP contribution in [0.5, 0.6) is 0 Å². The highest BCUT2D eigenvalue weighted by Gasteiger charge is 2.19. The monoisotopic (exact) mass is 272 g/mol. The number of nitrogens with zero attached hydrogens (tertiary/aromatic N) is 2. The molecule has 0 N–H and O–H groups in total. The lowest BCUT2D eigenvalue weighted by molar-refractivity contribution is 0.0710. The van der Waals surface area contributed by atoms with E-state index in [2.05, 4.69) is 26.8 Å². The number of carbonyl (C=O) groups is 1. The molecule has 0 unspecified atom stereocenters. The van der Waals surface area contributed by atoms with Gasteiger partial charge in [-0.2, -0.15) is 5.26 Å². The van der Waals surface area contributed by atoms with Crippen LogP contribution in [0, 0.1) is 11.3 Å². The van der Waals surface area contributed by atoms with E-state index in [1.165, 1.54) is 5.56 Å². The number of benzene rings is 1. The average molecular weight is 272 g/mol. The number of carbonyl (C=O) groups excluding carboxylic acids is 1. The van der Waals surface area contributed by atoms with Gasteiger partial charge in [-0.25, -0.2) is 0 Å². The van der Waals surface area contributed by atoms with E-state index in [1.807, 2.05) is 38.1 Å². The van der Waals surface area contributed by atoms with Crippen molar-refractivity contribution >= 4 is 5.91 Å². The Balaban J connectivity index is 2.93. The van der Waals surface area contributed by atoms with Crippen LogP contribution in [0.4, 0.5) is 0 Å². The van der Waals surface area contributed by atoms with Crippen LogP contribution in [0.3, 0.4) is 0 Å². The Kier molecular flexibility index (Phi) is 5.33.